The van der Waals surface area contributed by atoms with Gasteiger partial charge in [-0.3, -0.25) is 10.1 Å². The Bertz CT molecular complexity index is 1140. The molecule has 0 radical (unpaired) electrons. The monoisotopic (exact) mass is 374 g/mol. The molecule has 0 fully saturated rings. The van der Waals surface area contributed by atoms with Crippen molar-refractivity contribution in [2.75, 3.05) is 0 Å². The normalized spacial score (nSPS) is 15.7. The summed E-state index contributed by atoms with van der Waals surface area (Å²) in [5, 5.41) is 15.1. The van der Waals surface area contributed by atoms with Crippen LogP contribution in [0.1, 0.15) is 24.0 Å². The van der Waals surface area contributed by atoms with Crippen LogP contribution in [0.5, 0.6) is 5.75 Å². The van der Waals surface area contributed by atoms with Gasteiger partial charge in [0.05, 0.1) is 5.92 Å². The molecule has 0 bridgehead atoms. The number of ether oxygens (including phenoxy) is 1. The third-order valence-electron chi connectivity index (χ3n) is 4.59. The van der Waals surface area contributed by atoms with Crippen molar-refractivity contribution >= 4 is 28.3 Å². The molecule has 0 unspecified atom stereocenters. The van der Waals surface area contributed by atoms with Crippen molar-refractivity contribution in [2.45, 2.75) is 12.8 Å². The maximum absolute atomic E-state index is 11.6. The third kappa shape index (κ3) is 2.92. The fraction of sp³-hybridized carbons (Fsp3) is 0.0909. The van der Waals surface area contributed by atoms with Crippen LogP contribution in [0.4, 0.5) is 0 Å². The number of carbonyl (C=O) groups is 1. The Morgan fingerprint density at radius 1 is 1.11 bits per heavy atom. The zero-order valence-corrected chi connectivity index (χ0v) is 15.2. The summed E-state index contributed by atoms with van der Waals surface area (Å²) in [5.74, 6) is -0.000585. The first-order valence-corrected chi connectivity index (χ1v) is 8.83. The van der Waals surface area contributed by atoms with Crippen molar-refractivity contribution in [1.82, 2.24) is 5.32 Å². The van der Waals surface area contributed by atoms with E-state index in [1.165, 1.54) is 6.92 Å². The smallest absolute Gasteiger partial charge is 0.223 e. The maximum atomic E-state index is 11.6. The van der Waals surface area contributed by atoms with Gasteiger partial charge in [-0.25, -0.2) is 0 Å². The lowest BCUT2D eigenvalue weighted by Gasteiger charge is -2.29. The predicted octanol–water partition coefficient (Wildman–Crippen LogP) is 4.89. The zero-order valence-electron chi connectivity index (χ0n) is 14.5. The summed E-state index contributed by atoms with van der Waals surface area (Å²) >= 11 is 6.49. The molecule has 1 amide bonds. The lowest BCUT2D eigenvalue weighted by molar-refractivity contribution is -0.118. The Kier molecular flexibility index (Phi) is 4.31. The van der Waals surface area contributed by atoms with E-state index in [9.17, 15) is 10.1 Å². The van der Waals surface area contributed by atoms with Crippen LogP contribution in [-0.4, -0.2) is 5.91 Å². The van der Waals surface area contributed by atoms with E-state index in [2.05, 4.69) is 11.4 Å². The number of halogens is 1. The standard InChI is InChI=1S/C22H15ClN2O2/c1-13(26)25-22-17(12-24)20(16-8-4-5-9-18(16)23)21-15-7-3-2-6-14(15)10-11-19(21)27-22/h2-11,20H,1H3,(H,25,26)/t20-/m1/s1. The van der Waals surface area contributed by atoms with Gasteiger partial charge < -0.3 is 4.74 Å². The van der Waals surface area contributed by atoms with Crippen LogP contribution in [0.15, 0.2) is 72.1 Å². The van der Waals surface area contributed by atoms with Gasteiger partial charge in [0, 0.05) is 17.5 Å². The highest BCUT2D eigenvalue weighted by atomic mass is 35.5. The molecule has 27 heavy (non-hydrogen) atoms. The molecule has 1 heterocycles. The topological polar surface area (TPSA) is 62.1 Å². The largest absolute Gasteiger partial charge is 0.440 e. The molecule has 5 heteroatoms. The van der Waals surface area contributed by atoms with Gasteiger partial charge in [-0.1, -0.05) is 60.1 Å². The highest BCUT2D eigenvalue weighted by Crippen LogP contribution is 2.47. The highest BCUT2D eigenvalue weighted by Gasteiger charge is 2.34. The Balaban J connectivity index is 2.06. The summed E-state index contributed by atoms with van der Waals surface area (Å²) in [6, 6.07) is 21.4. The average Bonchev–Trinajstić information content (AvgIpc) is 2.67. The molecule has 1 atom stereocenters. The first kappa shape index (κ1) is 17.1. The van der Waals surface area contributed by atoms with Gasteiger partial charge in [0.2, 0.25) is 11.8 Å². The molecule has 0 saturated heterocycles. The van der Waals surface area contributed by atoms with E-state index in [1.54, 1.807) is 6.07 Å². The first-order valence-electron chi connectivity index (χ1n) is 8.46. The number of carbonyl (C=O) groups excluding carboxylic acids is 1. The summed E-state index contributed by atoms with van der Waals surface area (Å²) in [6.07, 6.45) is 0. The Morgan fingerprint density at radius 3 is 2.59 bits per heavy atom. The summed E-state index contributed by atoms with van der Waals surface area (Å²) in [4.78, 5) is 11.6. The van der Waals surface area contributed by atoms with E-state index in [4.69, 9.17) is 16.3 Å². The molecular formula is C22H15ClN2O2. The third-order valence-corrected chi connectivity index (χ3v) is 4.94. The van der Waals surface area contributed by atoms with Gasteiger partial charge in [-0.2, -0.15) is 5.26 Å². The molecule has 3 aromatic carbocycles. The summed E-state index contributed by atoms with van der Waals surface area (Å²) in [7, 11) is 0. The predicted molar refractivity (Wildman–Crippen MR) is 104 cm³/mol. The molecule has 0 aliphatic carbocycles. The number of nitrogens with one attached hydrogen (secondary N) is 1. The Labute approximate surface area is 161 Å². The zero-order chi connectivity index (χ0) is 19.0. The molecule has 0 spiro atoms. The summed E-state index contributed by atoms with van der Waals surface area (Å²) in [5.41, 5.74) is 1.98. The van der Waals surface area contributed by atoms with Crippen LogP contribution in [0.2, 0.25) is 5.02 Å². The Morgan fingerprint density at radius 2 is 1.85 bits per heavy atom. The van der Waals surface area contributed by atoms with Gasteiger partial charge in [0.25, 0.3) is 0 Å². The molecule has 4 rings (SSSR count). The second-order valence-corrected chi connectivity index (χ2v) is 6.70. The van der Waals surface area contributed by atoms with Gasteiger partial charge in [-0.05, 0) is 28.5 Å². The second-order valence-electron chi connectivity index (χ2n) is 6.29. The number of nitriles is 1. The van der Waals surface area contributed by atoms with E-state index in [0.717, 1.165) is 21.9 Å². The fourth-order valence-corrected chi connectivity index (χ4v) is 3.74. The lowest BCUT2D eigenvalue weighted by atomic mass is 9.81. The molecule has 0 aromatic heterocycles. The van der Waals surface area contributed by atoms with E-state index in [-0.39, 0.29) is 11.8 Å². The number of hydrogen-bond acceptors (Lipinski definition) is 3. The van der Waals surface area contributed by atoms with Crippen molar-refractivity contribution in [3.05, 3.63) is 88.3 Å². The van der Waals surface area contributed by atoms with Crippen molar-refractivity contribution in [3.63, 3.8) is 0 Å². The van der Waals surface area contributed by atoms with Crippen LogP contribution in [0, 0.1) is 11.3 Å². The molecule has 4 nitrogen and oxygen atoms in total. The van der Waals surface area contributed by atoms with E-state index < -0.39 is 5.92 Å². The SMILES string of the molecule is CC(=O)NC1=C(C#N)[C@@H](c2ccccc2Cl)c2c(ccc3ccccc23)O1. The van der Waals surface area contributed by atoms with Crippen molar-refractivity contribution in [2.24, 2.45) is 0 Å². The van der Waals surface area contributed by atoms with E-state index in [1.807, 2.05) is 54.6 Å². The number of rotatable bonds is 2. The van der Waals surface area contributed by atoms with Crippen LogP contribution >= 0.6 is 11.6 Å². The molecule has 1 N–H and O–H groups in total. The van der Waals surface area contributed by atoms with Gasteiger partial charge in [0.1, 0.15) is 17.4 Å². The first-order chi connectivity index (χ1) is 13.1. The molecule has 1 aliphatic heterocycles. The number of allylic oxidation sites excluding steroid dienone is 1. The van der Waals surface area contributed by atoms with E-state index >= 15 is 0 Å². The number of fused-ring (bicyclic) bond motifs is 3. The van der Waals surface area contributed by atoms with Crippen LogP contribution in [0.25, 0.3) is 10.8 Å². The van der Waals surface area contributed by atoms with Crippen molar-refractivity contribution < 1.29 is 9.53 Å². The molecule has 3 aromatic rings. The van der Waals surface area contributed by atoms with Crippen LogP contribution < -0.4 is 10.1 Å². The van der Waals surface area contributed by atoms with Gasteiger partial charge in [0.15, 0.2) is 0 Å². The summed E-state index contributed by atoms with van der Waals surface area (Å²) < 4.78 is 5.93. The van der Waals surface area contributed by atoms with Crippen LogP contribution in [-0.2, 0) is 4.79 Å². The summed E-state index contributed by atoms with van der Waals surface area (Å²) in [6.45, 7) is 1.38. The average molecular weight is 375 g/mol. The molecule has 1 aliphatic rings. The minimum Gasteiger partial charge on any atom is -0.440 e. The number of nitrogens with zero attached hydrogens (tertiary/aromatic N) is 1. The van der Waals surface area contributed by atoms with Crippen molar-refractivity contribution in [1.29, 1.82) is 5.26 Å². The highest BCUT2D eigenvalue weighted by molar-refractivity contribution is 6.31. The van der Waals surface area contributed by atoms with Crippen LogP contribution in [0.3, 0.4) is 0 Å². The minimum absolute atomic E-state index is 0.151. The quantitative estimate of drug-likeness (QED) is 0.694. The van der Waals surface area contributed by atoms with E-state index in [0.29, 0.717) is 16.3 Å². The molecular weight excluding hydrogens is 360 g/mol. The Hall–Kier alpha value is -3.29. The van der Waals surface area contributed by atoms with Gasteiger partial charge in [-0.15, -0.1) is 0 Å². The van der Waals surface area contributed by atoms with Crippen molar-refractivity contribution in [3.8, 4) is 11.8 Å². The lowest BCUT2D eigenvalue weighted by Crippen LogP contribution is -2.29. The number of benzene rings is 3. The van der Waals surface area contributed by atoms with Gasteiger partial charge >= 0.3 is 0 Å². The minimum atomic E-state index is -0.444. The number of hydrogen-bond donors (Lipinski definition) is 1. The molecule has 0 saturated carbocycles. The number of amides is 1. The second kappa shape index (κ2) is 6.79. The maximum Gasteiger partial charge on any atom is 0.223 e. The molecule has 132 valence electrons. The fourth-order valence-electron chi connectivity index (χ4n) is 3.49.